The van der Waals surface area contributed by atoms with Crippen molar-refractivity contribution >= 4 is 5.91 Å². The Morgan fingerprint density at radius 3 is 2.39 bits per heavy atom. The van der Waals surface area contributed by atoms with Gasteiger partial charge in [-0.2, -0.15) is 9.78 Å². The second-order valence-corrected chi connectivity index (χ2v) is 7.52. The van der Waals surface area contributed by atoms with Crippen LogP contribution in [0.15, 0.2) is 88.6 Å². The Labute approximate surface area is 190 Å². The van der Waals surface area contributed by atoms with Crippen LogP contribution in [0.1, 0.15) is 27.3 Å². The highest BCUT2D eigenvalue weighted by Gasteiger charge is 2.20. The smallest absolute Gasteiger partial charge is 0.350 e. The van der Waals surface area contributed by atoms with Crippen LogP contribution in [0.25, 0.3) is 5.69 Å². The first-order chi connectivity index (χ1) is 16.0. The molecule has 1 amide bonds. The third-order valence-electron chi connectivity index (χ3n) is 5.26. The molecule has 166 valence electrons. The molecule has 2 heterocycles. The highest BCUT2D eigenvalue weighted by atomic mass is 16.2. The van der Waals surface area contributed by atoms with Crippen LogP contribution in [-0.4, -0.2) is 31.8 Å². The minimum atomic E-state index is -0.731. The summed E-state index contributed by atoms with van der Waals surface area (Å²) in [5.74, 6) is -0.640. The second kappa shape index (κ2) is 9.86. The number of rotatable bonds is 7. The summed E-state index contributed by atoms with van der Waals surface area (Å²) < 4.78 is 2.14. The molecule has 0 spiro atoms. The molecule has 0 aliphatic heterocycles. The number of aromatic nitrogens is 4. The van der Waals surface area contributed by atoms with Gasteiger partial charge in [0.2, 0.25) is 5.69 Å². The molecular weight excluding hydrogens is 418 g/mol. The average Bonchev–Trinajstić information content (AvgIpc) is 2.84. The zero-order chi connectivity index (χ0) is 23.2. The van der Waals surface area contributed by atoms with Crippen LogP contribution in [0.2, 0.25) is 0 Å². The van der Waals surface area contributed by atoms with E-state index in [4.69, 9.17) is 0 Å². The minimum absolute atomic E-state index is 0.0356. The van der Waals surface area contributed by atoms with Gasteiger partial charge in [0.15, 0.2) is 0 Å². The summed E-state index contributed by atoms with van der Waals surface area (Å²) in [6, 6.07) is 21.7. The average molecular weight is 441 g/mol. The number of para-hydroxylation sites is 1. The summed E-state index contributed by atoms with van der Waals surface area (Å²) in [7, 11) is 0. The van der Waals surface area contributed by atoms with Gasteiger partial charge in [-0.25, -0.2) is 4.79 Å². The molecule has 2 aromatic carbocycles. The third kappa shape index (κ3) is 4.95. The van der Waals surface area contributed by atoms with Gasteiger partial charge in [-0.1, -0.05) is 48.5 Å². The summed E-state index contributed by atoms with van der Waals surface area (Å²) in [5, 5.41) is 6.85. The van der Waals surface area contributed by atoms with Crippen LogP contribution in [0, 0.1) is 6.92 Å². The van der Waals surface area contributed by atoms with Gasteiger partial charge in [0.25, 0.3) is 11.5 Å². The maximum absolute atomic E-state index is 13.2. The summed E-state index contributed by atoms with van der Waals surface area (Å²) in [6.07, 6.45) is 2.18. The Bertz CT molecular complexity index is 1380. The molecule has 0 fully saturated rings. The Hall–Kier alpha value is -4.33. The van der Waals surface area contributed by atoms with Gasteiger partial charge in [0, 0.05) is 24.9 Å². The van der Waals surface area contributed by atoms with Crippen molar-refractivity contribution in [3.63, 3.8) is 0 Å². The summed E-state index contributed by atoms with van der Waals surface area (Å²) in [6.45, 7) is 2.22. The number of amides is 1. The van der Waals surface area contributed by atoms with Gasteiger partial charge in [-0.05, 0) is 42.3 Å². The van der Waals surface area contributed by atoms with Crippen LogP contribution in [0.5, 0.6) is 0 Å². The van der Waals surface area contributed by atoms with Gasteiger partial charge in [0.1, 0.15) is 0 Å². The van der Waals surface area contributed by atoms with Gasteiger partial charge in [0.05, 0.1) is 12.2 Å². The molecule has 33 heavy (non-hydrogen) atoms. The Morgan fingerprint density at radius 2 is 1.67 bits per heavy atom. The number of aryl methyl sites for hydroxylation is 1. The van der Waals surface area contributed by atoms with Gasteiger partial charge in [-0.3, -0.25) is 19.1 Å². The molecule has 0 radical (unpaired) electrons. The lowest BCUT2D eigenvalue weighted by Gasteiger charge is -2.13. The molecule has 0 aliphatic carbocycles. The van der Waals surface area contributed by atoms with E-state index in [0.29, 0.717) is 12.1 Å². The van der Waals surface area contributed by atoms with Crippen LogP contribution >= 0.6 is 0 Å². The lowest BCUT2D eigenvalue weighted by atomic mass is 10.1. The van der Waals surface area contributed by atoms with Crippen molar-refractivity contribution in [1.82, 2.24) is 24.6 Å². The SMILES string of the molecule is Cc1ccccc1Cn1c(=O)c(C(=O)NCCc2ccccn2)nn(-c2ccccc2)c1=O. The number of carbonyl (C=O) groups is 1. The van der Waals surface area contributed by atoms with E-state index in [1.54, 1.807) is 30.5 Å². The summed E-state index contributed by atoms with van der Waals surface area (Å²) in [4.78, 5) is 43.5. The quantitative estimate of drug-likeness (QED) is 0.474. The number of nitrogens with one attached hydrogen (secondary N) is 1. The van der Waals surface area contributed by atoms with Crippen molar-refractivity contribution in [2.24, 2.45) is 0 Å². The van der Waals surface area contributed by atoms with Crippen molar-refractivity contribution in [1.29, 1.82) is 0 Å². The third-order valence-corrected chi connectivity index (χ3v) is 5.26. The van der Waals surface area contributed by atoms with Crippen molar-refractivity contribution in [3.8, 4) is 5.69 Å². The molecule has 8 nitrogen and oxygen atoms in total. The molecule has 2 aromatic heterocycles. The van der Waals surface area contributed by atoms with E-state index >= 15 is 0 Å². The number of hydrogen-bond acceptors (Lipinski definition) is 5. The van der Waals surface area contributed by atoms with E-state index in [1.165, 1.54) is 0 Å². The van der Waals surface area contributed by atoms with E-state index < -0.39 is 17.2 Å². The van der Waals surface area contributed by atoms with E-state index in [9.17, 15) is 14.4 Å². The van der Waals surface area contributed by atoms with Gasteiger partial charge >= 0.3 is 5.69 Å². The summed E-state index contributed by atoms with van der Waals surface area (Å²) >= 11 is 0. The molecule has 0 atom stereocenters. The fourth-order valence-corrected chi connectivity index (χ4v) is 3.43. The normalized spacial score (nSPS) is 10.7. The zero-order valence-corrected chi connectivity index (χ0v) is 18.1. The van der Waals surface area contributed by atoms with Crippen LogP contribution in [-0.2, 0) is 13.0 Å². The number of carbonyl (C=O) groups excluding carboxylic acids is 1. The second-order valence-electron chi connectivity index (χ2n) is 7.52. The van der Waals surface area contributed by atoms with E-state index in [0.717, 1.165) is 26.1 Å². The molecule has 1 N–H and O–H groups in total. The maximum Gasteiger partial charge on any atom is 0.352 e. The highest BCUT2D eigenvalue weighted by molar-refractivity contribution is 5.91. The lowest BCUT2D eigenvalue weighted by Crippen LogP contribution is -2.46. The number of nitrogens with zero attached hydrogens (tertiary/aromatic N) is 4. The van der Waals surface area contributed by atoms with E-state index in [2.05, 4.69) is 15.4 Å². The molecule has 0 bridgehead atoms. The topological polar surface area (TPSA) is 98.9 Å². The molecule has 0 saturated carbocycles. The van der Waals surface area contributed by atoms with Crippen molar-refractivity contribution < 1.29 is 4.79 Å². The maximum atomic E-state index is 13.2. The largest absolute Gasteiger partial charge is 0.352 e. The molecule has 0 aliphatic rings. The fourth-order valence-electron chi connectivity index (χ4n) is 3.43. The van der Waals surface area contributed by atoms with Crippen LogP contribution in [0.4, 0.5) is 0 Å². The first-order valence-electron chi connectivity index (χ1n) is 10.6. The number of pyridine rings is 1. The standard InChI is InChI=1S/C25H23N5O3/c1-18-9-5-6-10-19(18)17-29-24(32)22(23(31)27-16-14-20-11-7-8-15-26-20)28-30(25(29)33)21-12-3-2-4-13-21/h2-13,15H,14,16-17H2,1H3,(H,27,31). The minimum Gasteiger partial charge on any atom is -0.350 e. The monoisotopic (exact) mass is 441 g/mol. The van der Waals surface area contributed by atoms with Crippen molar-refractivity contribution in [2.45, 2.75) is 19.9 Å². The van der Waals surface area contributed by atoms with E-state index in [1.807, 2.05) is 55.5 Å². The lowest BCUT2D eigenvalue weighted by molar-refractivity contribution is 0.0944. The summed E-state index contributed by atoms with van der Waals surface area (Å²) in [5.41, 5.74) is 1.34. The number of hydrogen-bond donors (Lipinski definition) is 1. The fraction of sp³-hybridized carbons (Fsp3) is 0.160. The van der Waals surface area contributed by atoms with Crippen LogP contribution < -0.4 is 16.6 Å². The highest BCUT2D eigenvalue weighted by Crippen LogP contribution is 2.08. The number of benzene rings is 2. The van der Waals surface area contributed by atoms with Crippen molar-refractivity contribution in [3.05, 3.63) is 122 Å². The molecular formula is C25H23N5O3. The predicted octanol–water partition coefficient (Wildman–Crippen LogP) is 2.12. The molecule has 4 aromatic rings. The Balaban J connectivity index is 1.71. The first kappa shape index (κ1) is 21.9. The molecule has 8 heteroatoms. The Kier molecular flexibility index (Phi) is 6.54. The van der Waals surface area contributed by atoms with Crippen LogP contribution in [0.3, 0.4) is 0 Å². The predicted molar refractivity (Wildman–Crippen MR) is 125 cm³/mol. The van der Waals surface area contributed by atoms with E-state index in [-0.39, 0.29) is 18.8 Å². The Morgan fingerprint density at radius 1 is 0.939 bits per heavy atom. The van der Waals surface area contributed by atoms with Gasteiger partial charge in [-0.15, -0.1) is 0 Å². The molecule has 0 saturated heterocycles. The zero-order valence-electron chi connectivity index (χ0n) is 18.1. The molecule has 4 rings (SSSR count). The first-order valence-corrected chi connectivity index (χ1v) is 10.6. The van der Waals surface area contributed by atoms with Crippen molar-refractivity contribution in [2.75, 3.05) is 6.54 Å². The molecule has 0 unspecified atom stereocenters. The van der Waals surface area contributed by atoms with Gasteiger partial charge < -0.3 is 5.32 Å².